The van der Waals surface area contributed by atoms with Crippen molar-refractivity contribution >= 4 is 17.8 Å². The first-order chi connectivity index (χ1) is 7.26. The molecule has 0 heterocycles. The lowest BCUT2D eigenvalue weighted by atomic mass is 10.2. The Morgan fingerprint density at radius 2 is 2.33 bits per heavy atom. The summed E-state index contributed by atoms with van der Waals surface area (Å²) in [6, 6.07) is 0.228. The van der Waals surface area contributed by atoms with Gasteiger partial charge in [-0.25, -0.2) is 4.79 Å². The molecule has 0 aromatic carbocycles. The van der Waals surface area contributed by atoms with Crippen LogP contribution in [0.5, 0.6) is 0 Å². The van der Waals surface area contributed by atoms with Gasteiger partial charge < -0.3 is 15.7 Å². The average Bonchev–Trinajstić information content (AvgIpc) is 2.66. The van der Waals surface area contributed by atoms with Crippen molar-refractivity contribution < 1.29 is 9.90 Å². The van der Waals surface area contributed by atoms with Crippen molar-refractivity contribution in [3.63, 3.8) is 0 Å². The summed E-state index contributed by atoms with van der Waals surface area (Å²) in [5.74, 6) is 0. The van der Waals surface area contributed by atoms with E-state index < -0.39 is 0 Å². The van der Waals surface area contributed by atoms with Crippen LogP contribution in [0.15, 0.2) is 0 Å². The van der Waals surface area contributed by atoms with Gasteiger partial charge in [0.2, 0.25) is 0 Å². The molecule has 0 radical (unpaired) electrons. The third-order valence-electron chi connectivity index (χ3n) is 2.67. The second-order valence-corrected chi connectivity index (χ2v) is 4.98. The Balaban J connectivity index is 2.10. The summed E-state index contributed by atoms with van der Waals surface area (Å²) in [6.45, 7) is 0.666. The smallest absolute Gasteiger partial charge is 0.315 e. The minimum absolute atomic E-state index is 0.102. The van der Waals surface area contributed by atoms with E-state index >= 15 is 0 Å². The molecule has 4 nitrogen and oxygen atoms in total. The van der Waals surface area contributed by atoms with E-state index in [2.05, 4.69) is 16.9 Å². The molecule has 0 bridgehead atoms. The van der Waals surface area contributed by atoms with E-state index in [9.17, 15) is 4.79 Å². The topological polar surface area (TPSA) is 61.4 Å². The maximum Gasteiger partial charge on any atom is 0.315 e. The van der Waals surface area contributed by atoms with E-state index in [1.54, 1.807) is 0 Å². The Morgan fingerprint density at radius 3 is 2.93 bits per heavy atom. The third-order valence-corrected chi connectivity index (χ3v) is 3.77. The minimum Gasteiger partial charge on any atom is -0.396 e. The van der Waals surface area contributed by atoms with Crippen LogP contribution >= 0.6 is 11.8 Å². The Labute approximate surface area is 95.2 Å². The van der Waals surface area contributed by atoms with E-state index in [0.29, 0.717) is 24.3 Å². The summed E-state index contributed by atoms with van der Waals surface area (Å²) in [4.78, 5) is 11.4. The number of urea groups is 1. The first-order valence-corrected chi connectivity index (χ1v) is 6.73. The molecule has 0 unspecified atom stereocenters. The minimum atomic E-state index is -0.102. The van der Waals surface area contributed by atoms with Gasteiger partial charge in [0.05, 0.1) is 0 Å². The van der Waals surface area contributed by atoms with Gasteiger partial charge in [0.1, 0.15) is 0 Å². The lowest BCUT2D eigenvalue weighted by Gasteiger charge is -2.13. The number of amides is 2. The molecule has 2 amide bonds. The zero-order valence-electron chi connectivity index (χ0n) is 9.16. The maximum absolute atomic E-state index is 11.4. The molecule has 0 saturated heterocycles. The molecular formula is C10H20N2O2S. The zero-order chi connectivity index (χ0) is 11.1. The van der Waals surface area contributed by atoms with Crippen LogP contribution in [0, 0.1) is 0 Å². The summed E-state index contributed by atoms with van der Waals surface area (Å²) in [5, 5.41) is 14.9. The van der Waals surface area contributed by atoms with Gasteiger partial charge in [-0.2, -0.15) is 11.8 Å². The van der Waals surface area contributed by atoms with E-state index in [-0.39, 0.29) is 12.6 Å². The molecule has 15 heavy (non-hydrogen) atoms. The van der Waals surface area contributed by atoms with Crippen LogP contribution in [-0.2, 0) is 0 Å². The fraction of sp³-hybridized carbons (Fsp3) is 0.900. The molecule has 5 heteroatoms. The number of carbonyl (C=O) groups excluding carboxylic acids is 1. The van der Waals surface area contributed by atoms with Crippen LogP contribution in [0.3, 0.4) is 0 Å². The molecule has 0 spiro atoms. The van der Waals surface area contributed by atoms with Gasteiger partial charge in [-0.3, -0.25) is 0 Å². The van der Waals surface area contributed by atoms with Gasteiger partial charge in [0.25, 0.3) is 0 Å². The number of aliphatic hydroxyl groups excluding tert-OH is 1. The van der Waals surface area contributed by atoms with Crippen molar-refractivity contribution in [1.82, 2.24) is 10.6 Å². The van der Waals surface area contributed by atoms with Crippen molar-refractivity contribution in [1.29, 1.82) is 0 Å². The lowest BCUT2D eigenvalue weighted by molar-refractivity contribution is 0.234. The van der Waals surface area contributed by atoms with E-state index in [4.69, 9.17) is 5.11 Å². The number of hydrogen-bond acceptors (Lipinski definition) is 3. The molecule has 88 valence electrons. The highest BCUT2D eigenvalue weighted by Crippen LogP contribution is 2.27. The largest absolute Gasteiger partial charge is 0.396 e. The molecule has 1 saturated carbocycles. The summed E-state index contributed by atoms with van der Waals surface area (Å²) < 4.78 is 0. The van der Waals surface area contributed by atoms with Crippen LogP contribution in [-0.4, -0.2) is 41.8 Å². The van der Waals surface area contributed by atoms with Gasteiger partial charge >= 0.3 is 6.03 Å². The average molecular weight is 232 g/mol. The normalized spacial score (nSPS) is 25.2. The summed E-state index contributed by atoms with van der Waals surface area (Å²) >= 11 is 1.88. The van der Waals surface area contributed by atoms with E-state index in [1.165, 1.54) is 6.42 Å². The quantitative estimate of drug-likeness (QED) is 0.619. The van der Waals surface area contributed by atoms with Gasteiger partial charge in [-0.05, 0) is 31.9 Å². The Kier molecular flexibility index (Phi) is 5.86. The van der Waals surface area contributed by atoms with Gasteiger partial charge in [0, 0.05) is 24.4 Å². The highest BCUT2D eigenvalue weighted by Gasteiger charge is 2.24. The molecule has 1 aliphatic rings. The number of nitrogens with one attached hydrogen (secondary N) is 2. The maximum atomic E-state index is 11.4. The Morgan fingerprint density at radius 1 is 1.53 bits per heavy atom. The molecule has 2 atom stereocenters. The summed E-state index contributed by atoms with van der Waals surface area (Å²) in [6.07, 6.45) is 6.09. The summed E-state index contributed by atoms with van der Waals surface area (Å²) in [7, 11) is 0. The van der Waals surface area contributed by atoms with Crippen molar-refractivity contribution in [3.8, 4) is 0 Å². The molecule has 1 rings (SSSR count). The predicted octanol–water partition coefficient (Wildman–Crippen LogP) is 0.952. The van der Waals surface area contributed by atoms with Crippen LogP contribution in [0.2, 0.25) is 0 Å². The molecule has 0 aliphatic heterocycles. The predicted molar refractivity (Wildman–Crippen MR) is 63.2 cm³/mol. The highest BCUT2D eigenvalue weighted by atomic mass is 32.2. The lowest BCUT2D eigenvalue weighted by Crippen LogP contribution is -2.41. The first kappa shape index (κ1) is 12.6. The number of rotatable bonds is 5. The number of aliphatic hydroxyl groups is 1. The van der Waals surface area contributed by atoms with Crippen LogP contribution in [0.25, 0.3) is 0 Å². The van der Waals surface area contributed by atoms with Crippen LogP contribution in [0.1, 0.15) is 25.7 Å². The standard InChI is InChI=1S/C10H20N2O2S/c1-15-9-4-3-8(7-9)12-10(14)11-5-2-6-13/h8-9,13H,2-7H2,1H3,(H2,11,12,14)/t8-,9-/m0/s1. The fourth-order valence-corrected chi connectivity index (χ4v) is 2.60. The van der Waals surface area contributed by atoms with Crippen molar-refractivity contribution in [2.24, 2.45) is 0 Å². The number of carbonyl (C=O) groups is 1. The van der Waals surface area contributed by atoms with Crippen molar-refractivity contribution in [2.45, 2.75) is 37.0 Å². The first-order valence-electron chi connectivity index (χ1n) is 5.44. The van der Waals surface area contributed by atoms with E-state index in [1.807, 2.05) is 11.8 Å². The highest BCUT2D eigenvalue weighted by molar-refractivity contribution is 7.99. The monoisotopic (exact) mass is 232 g/mol. The van der Waals surface area contributed by atoms with Gasteiger partial charge in [-0.15, -0.1) is 0 Å². The van der Waals surface area contributed by atoms with Crippen LogP contribution < -0.4 is 10.6 Å². The molecule has 3 N–H and O–H groups in total. The second kappa shape index (κ2) is 6.95. The zero-order valence-corrected chi connectivity index (χ0v) is 9.98. The number of thioether (sulfide) groups is 1. The SMILES string of the molecule is CS[C@H]1CC[C@H](NC(=O)NCCCO)C1. The van der Waals surface area contributed by atoms with E-state index in [0.717, 1.165) is 12.8 Å². The van der Waals surface area contributed by atoms with Crippen molar-refractivity contribution in [3.05, 3.63) is 0 Å². The van der Waals surface area contributed by atoms with Gasteiger partial charge in [-0.1, -0.05) is 0 Å². The van der Waals surface area contributed by atoms with Gasteiger partial charge in [0.15, 0.2) is 0 Å². The fourth-order valence-electron chi connectivity index (χ4n) is 1.80. The number of hydrogen-bond donors (Lipinski definition) is 3. The molecular weight excluding hydrogens is 212 g/mol. The molecule has 1 aliphatic carbocycles. The summed E-state index contributed by atoms with van der Waals surface area (Å²) in [5.41, 5.74) is 0. The Bertz CT molecular complexity index is 202. The second-order valence-electron chi connectivity index (χ2n) is 3.85. The molecule has 0 aromatic heterocycles. The van der Waals surface area contributed by atoms with Crippen molar-refractivity contribution in [2.75, 3.05) is 19.4 Å². The van der Waals surface area contributed by atoms with Crippen LogP contribution in [0.4, 0.5) is 4.79 Å². The Hall–Kier alpha value is -0.420. The third kappa shape index (κ3) is 4.75. The molecule has 1 fully saturated rings. The molecule has 0 aromatic rings.